The first-order chi connectivity index (χ1) is 26.4. The van der Waals surface area contributed by atoms with Crippen molar-refractivity contribution in [2.24, 2.45) is 0 Å². The zero-order valence-corrected chi connectivity index (χ0v) is 28.5. The predicted octanol–water partition coefficient (Wildman–Crippen LogP) is 10.4. The molecule has 9 aromatic rings. The minimum absolute atomic E-state index is 0.000292. The molecule has 0 saturated carbocycles. The number of fused-ring (bicyclic) bond motifs is 10. The molecule has 53 heavy (non-hydrogen) atoms. The lowest BCUT2D eigenvalue weighted by Gasteiger charge is -2.31. The molecule has 2 aliphatic rings. The molecule has 0 spiro atoms. The molecule has 2 unspecified atom stereocenters. The van der Waals surface area contributed by atoms with Gasteiger partial charge >= 0.3 is 0 Å². The zero-order chi connectivity index (χ0) is 34.9. The average molecular weight is 682 g/mol. The summed E-state index contributed by atoms with van der Waals surface area (Å²) in [6, 6.07) is 44.8. The Labute approximate surface area is 305 Å². The molecule has 0 fully saturated rings. The van der Waals surface area contributed by atoms with Gasteiger partial charge in [0, 0.05) is 69.5 Å². The van der Waals surface area contributed by atoms with Crippen LogP contribution < -0.4 is 4.90 Å². The van der Waals surface area contributed by atoms with E-state index in [1.807, 2.05) is 30.6 Å². The van der Waals surface area contributed by atoms with E-state index in [2.05, 4.69) is 153 Å². The van der Waals surface area contributed by atoms with Crippen LogP contribution >= 0.6 is 0 Å². The SMILES string of the molecule is C1=CC2c3c(c4c(nc(-c5ccncc5)n4-c4ncccn4)c4c5ccccc5n(-c5ccccc5)c34)N(c3ccccc3-c3ccccc3)C2C=C1. The van der Waals surface area contributed by atoms with Crippen molar-refractivity contribution in [1.82, 2.24) is 29.1 Å². The smallest absolute Gasteiger partial charge is 0.235 e. The maximum Gasteiger partial charge on any atom is 0.235 e. The van der Waals surface area contributed by atoms with Gasteiger partial charge in [-0.2, -0.15) is 0 Å². The molecule has 250 valence electrons. The number of hydrogen-bond acceptors (Lipinski definition) is 5. The normalized spacial score (nSPS) is 16.1. The molecule has 0 bridgehead atoms. The summed E-state index contributed by atoms with van der Waals surface area (Å²) in [5, 5.41) is 2.26. The summed E-state index contributed by atoms with van der Waals surface area (Å²) in [5.41, 5.74) is 12.0. The van der Waals surface area contributed by atoms with Crippen molar-refractivity contribution in [2.75, 3.05) is 4.90 Å². The molecule has 0 saturated heterocycles. The maximum atomic E-state index is 5.63. The Kier molecular flexibility index (Phi) is 6.54. The summed E-state index contributed by atoms with van der Waals surface area (Å²) >= 11 is 0. The van der Waals surface area contributed by atoms with Crippen LogP contribution in [0.4, 0.5) is 11.4 Å². The van der Waals surface area contributed by atoms with Crippen LogP contribution in [0, 0.1) is 0 Å². The number of nitrogens with zero attached hydrogens (tertiary/aromatic N) is 7. The van der Waals surface area contributed by atoms with E-state index in [1.165, 1.54) is 5.56 Å². The van der Waals surface area contributed by atoms with E-state index in [9.17, 15) is 0 Å². The minimum atomic E-state index is 0.000292. The first kappa shape index (κ1) is 29.6. The van der Waals surface area contributed by atoms with Crippen molar-refractivity contribution in [3.8, 4) is 34.2 Å². The zero-order valence-electron chi connectivity index (χ0n) is 28.5. The van der Waals surface area contributed by atoms with Gasteiger partial charge in [0.2, 0.25) is 5.95 Å². The summed E-state index contributed by atoms with van der Waals surface area (Å²) in [6.07, 6.45) is 16.4. The topological polar surface area (TPSA) is 64.7 Å². The third-order valence-electron chi connectivity index (χ3n) is 10.7. The molecule has 5 heterocycles. The highest BCUT2D eigenvalue weighted by Crippen LogP contribution is 2.57. The second-order valence-electron chi connectivity index (χ2n) is 13.5. The lowest BCUT2D eigenvalue weighted by Crippen LogP contribution is -2.29. The standard InChI is InChI=1S/C46H31N7/c1-3-14-30(15-4-1)33-18-7-10-21-36(33)52-38-23-12-9-20-35(38)40-42-39(34-19-8-11-22-37(34)51(42)32-16-5-2-6-17-32)41-44(43(40)52)53(46-48-26-13-27-49-46)45(50-41)31-24-28-47-29-25-31/h1-29,35,38H. The van der Waals surface area contributed by atoms with Gasteiger partial charge in [0.1, 0.15) is 16.9 Å². The maximum absolute atomic E-state index is 5.63. The molecule has 0 N–H and O–H groups in total. The Hall–Kier alpha value is -7.12. The van der Waals surface area contributed by atoms with Crippen molar-refractivity contribution in [2.45, 2.75) is 12.0 Å². The van der Waals surface area contributed by atoms with Gasteiger partial charge in [-0.25, -0.2) is 15.0 Å². The summed E-state index contributed by atoms with van der Waals surface area (Å²) in [6.45, 7) is 0. The van der Waals surface area contributed by atoms with E-state index in [1.54, 1.807) is 12.4 Å². The van der Waals surface area contributed by atoms with Gasteiger partial charge < -0.3 is 9.47 Å². The van der Waals surface area contributed by atoms with Crippen LogP contribution in [0.5, 0.6) is 0 Å². The quantitative estimate of drug-likeness (QED) is 0.181. The summed E-state index contributed by atoms with van der Waals surface area (Å²) in [4.78, 5) is 22.3. The number of imidazole rings is 1. The minimum Gasteiger partial charge on any atom is -0.331 e. The molecular formula is C46H31N7. The van der Waals surface area contributed by atoms with E-state index in [-0.39, 0.29) is 12.0 Å². The third kappa shape index (κ3) is 4.34. The highest BCUT2D eigenvalue weighted by molar-refractivity contribution is 6.25. The molecule has 1 aliphatic heterocycles. The Bertz CT molecular complexity index is 2890. The number of para-hydroxylation sites is 3. The molecule has 1 aliphatic carbocycles. The average Bonchev–Trinajstić information content (AvgIpc) is 3.90. The number of benzene rings is 5. The largest absolute Gasteiger partial charge is 0.331 e. The number of aromatic nitrogens is 6. The predicted molar refractivity (Wildman–Crippen MR) is 213 cm³/mol. The van der Waals surface area contributed by atoms with Crippen LogP contribution in [0.15, 0.2) is 176 Å². The van der Waals surface area contributed by atoms with Gasteiger partial charge in [-0.1, -0.05) is 109 Å². The Morgan fingerprint density at radius 3 is 2.11 bits per heavy atom. The van der Waals surface area contributed by atoms with Gasteiger partial charge in [0.15, 0.2) is 0 Å². The molecule has 11 rings (SSSR count). The van der Waals surface area contributed by atoms with E-state index in [4.69, 9.17) is 15.0 Å². The monoisotopic (exact) mass is 681 g/mol. The summed E-state index contributed by atoms with van der Waals surface area (Å²) in [7, 11) is 0. The van der Waals surface area contributed by atoms with Gasteiger partial charge in [-0.05, 0) is 48.0 Å². The van der Waals surface area contributed by atoms with Gasteiger partial charge in [-0.3, -0.25) is 9.55 Å². The molecule has 7 nitrogen and oxygen atoms in total. The van der Waals surface area contributed by atoms with E-state index in [0.29, 0.717) is 5.95 Å². The first-order valence-electron chi connectivity index (χ1n) is 17.9. The molecule has 7 heteroatoms. The lowest BCUT2D eigenvalue weighted by molar-refractivity contribution is 0.746. The van der Waals surface area contributed by atoms with Gasteiger partial charge in [-0.15, -0.1) is 0 Å². The summed E-state index contributed by atoms with van der Waals surface area (Å²) in [5.74, 6) is 1.37. The van der Waals surface area contributed by atoms with Crippen molar-refractivity contribution >= 4 is 44.2 Å². The third-order valence-corrected chi connectivity index (χ3v) is 10.7. The highest BCUT2D eigenvalue weighted by Gasteiger charge is 2.44. The highest BCUT2D eigenvalue weighted by atomic mass is 15.3. The number of pyridine rings is 1. The fraction of sp³-hybridized carbons (Fsp3) is 0.0435. The van der Waals surface area contributed by atoms with E-state index < -0.39 is 0 Å². The van der Waals surface area contributed by atoms with Gasteiger partial charge in [0.25, 0.3) is 0 Å². The number of rotatable bonds is 5. The van der Waals surface area contributed by atoms with Gasteiger partial charge in [0.05, 0.1) is 22.8 Å². The fourth-order valence-corrected chi connectivity index (χ4v) is 8.57. The first-order valence-corrected chi connectivity index (χ1v) is 17.9. The number of anilines is 2. The summed E-state index contributed by atoms with van der Waals surface area (Å²) < 4.78 is 4.61. The van der Waals surface area contributed by atoms with Crippen LogP contribution in [0.1, 0.15) is 11.5 Å². The number of hydrogen-bond donors (Lipinski definition) is 0. The van der Waals surface area contributed by atoms with E-state index in [0.717, 1.165) is 72.4 Å². The van der Waals surface area contributed by atoms with E-state index >= 15 is 0 Å². The Morgan fingerprint density at radius 2 is 1.28 bits per heavy atom. The van der Waals surface area contributed by atoms with Crippen LogP contribution in [-0.4, -0.2) is 35.1 Å². The second kappa shape index (κ2) is 11.7. The van der Waals surface area contributed by atoms with Crippen molar-refractivity contribution in [1.29, 1.82) is 0 Å². The van der Waals surface area contributed by atoms with Crippen molar-refractivity contribution in [3.63, 3.8) is 0 Å². The number of allylic oxidation sites excluding steroid dienone is 2. The fourth-order valence-electron chi connectivity index (χ4n) is 8.57. The molecular weight excluding hydrogens is 651 g/mol. The van der Waals surface area contributed by atoms with Crippen LogP contribution in [0.3, 0.4) is 0 Å². The molecule has 0 amide bonds. The Balaban J connectivity index is 1.40. The molecule has 0 radical (unpaired) electrons. The van der Waals surface area contributed by atoms with Crippen LogP contribution in [-0.2, 0) is 0 Å². The molecule has 2 atom stereocenters. The Morgan fingerprint density at radius 1 is 0.566 bits per heavy atom. The van der Waals surface area contributed by atoms with Crippen molar-refractivity contribution in [3.05, 3.63) is 182 Å². The second-order valence-corrected chi connectivity index (χ2v) is 13.5. The van der Waals surface area contributed by atoms with Crippen LogP contribution in [0.25, 0.3) is 67.0 Å². The van der Waals surface area contributed by atoms with Crippen molar-refractivity contribution < 1.29 is 0 Å². The lowest BCUT2D eigenvalue weighted by atomic mass is 9.89. The molecule has 5 aromatic carbocycles. The van der Waals surface area contributed by atoms with Crippen LogP contribution in [0.2, 0.25) is 0 Å². The molecule has 4 aromatic heterocycles.